The Hall–Kier alpha value is -1.36. The normalized spacial score (nSPS) is 11.6. The monoisotopic (exact) mass is 252 g/mol. The number of carbonyl (C=O) groups excluding carboxylic acids is 1. The first-order valence-electron chi connectivity index (χ1n) is 6.45. The van der Waals surface area contributed by atoms with Crippen molar-refractivity contribution in [1.29, 1.82) is 0 Å². The number of amides is 1. The van der Waals surface area contributed by atoms with Gasteiger partial charge < -0.3 is 10.6 Å². The molecule has 1 heterocycles. The van der Waals surface area contributed by atoms with Crippen LogP contribution in [0.3, 0.4) is 0 Å². The first-order valence-corrected chi connectivity index (χ1v) is 6.45. The maximum atomic E-state index is 11.2. The van der Waals surface area contributed by atoms with E-state index in [1.165, 1.54) is 0 Å². The van der Waals surface area contributed by atoms with Gasteiger partial charge in [0.15, 0.2) is 0 Å². The summed E-state index contributed by atoms with van der Waals surface area (Å²) in [6.45, 7) is 10.4. The molecule has 0 atom stereocenters. The summed E-state index contributed by atoms with van der Waals surface area (Å²) < 4.78 is 1.95. The summed E-state index contributed by atoms with van der Waals surface area (Å²) in [5.41, 5.74) is 1.15. The maximum absolute atomic E-state index is 11.2. The molecule has 0 spiro atoms. The predicted molar refractivity (Wildman–Crippen MR) is 72.2 cm³/mol. The topological polar surface area (TPSA) is 59.0 Å². The van der Waals surface area contributed by atoms with Crippen LogP contribution >= 0.6 is 0 Å². The van der Waals surface area contributed by atoms with Crippen LogP contribution in [0.4, 0.5) is 0 Å². The van der Waals surface area contributed by atoms with Crippen LogP contribution in [0.5, 0.6) is 0 Å². The highest BCUT2D eigenvalue weighted by Gasteiger charge is 2.13. The van der Waals surface area contributed by atoms with Gasteiger partial charge >= 0.3 is 0 Å². The third-order valence-corrected chi connectivity index (χ3v) is 2.56. The van der Waals surface area contributed by atoms with E-state index in [2.05, 4.69) is 36.5 Å². The number of aromatic nitrogens is 2. The molecular formula is C13H24N4O. The van der Waals surface area contributed by atoms with E-state index in [1.807, 2.05) is 24.0 Å². The molecule has 102 valence electrons. The minimum atomic E-state index is 0.0132. The molecule has 18 heavy (non-hydrogen) atoms. The molecule has 0 saturated carbocycles. The Morgan fingerprint density at radius 3 is 2.72 bits per heavy atom. The lowest BCUT2D eigenvalue weighted by molar-refractivity contribution is -0.120. The van der Waals surface area contributed by atoms with Crippen molar-refractivity contribution in [2.24, 2.45) is 0 Å². The summed E-state index contributed by atoms with van der Waals surface area (Å²) in [6.07, 6.45) is 4.42. The molecule has 5 heteroatoms. The number of hydrogen-bond donors (Lipinski definition) is 2. The summed E-state index contributed by atoms with van der Waals surface area (Å²) in [4.78, 5) is 11.2. The second-order valence-electron chi connectivity index (χ2n) is 5.34. The average molecular weight is 252 g/mol. The predicted octanol–water partition coefficient (Wildman–Crippen LogP) is 1.25. The van der Waals surface area contributed by atoms with Crippen LogP contribution in [0.2, 0.25) is 0 Å². The fourth-order valence-corrected chi connectivity index (χ4v) is 1.54. The van der Waals surface area contributed by atoms with Gasteiger partial charge in [0.2, 0.25) is 5.91 Å². The highest BCUT2D eigenvalue weighted by atomic mass is 16.1. The maximum Gasteiger partial charge on any atom is 0.221 e. The zero-order chi connectivity index (χ0) is 13.6. The molecule has 0 fully saturated rings. The summed E-state index contributed by atoms with van der Waals surface area (Å²) in [5, 5.41) is 10.3. The SMILES string of the molecule is CCNC(=O)CCNCc1cnn(C(C)(C)C)c1. The molecule has 0 aliphatic heterocycles. The van der Waals surface area contributed by atoms with Gasteiger partial charge in [-0.05, 0) is 27.7 Å². The molecule has 0 aromatic carbocycles. The Morgan fingerprint density at radius 1 is 1.44 bits per heavy atom. The van der Waals surface area contributed by atoms with Gasteiger partial charge in [0.25, 0.3) is 0 Å². The van der Waals surface area contributed by atoms with E-state index in [-0.39, 0.29) is 11.4 Å². The van der Waals surface area contributed by atoms with E-state index in [0.29, 0.717) is 19.5 Å². The summed E-state index contributed by atoms with van der Waals surface area (Å²) in [7, 11) is 0. The molecule has 0 bridgehead atoms. The van der Waals surface area contributed by atoms with Gasteiger partial charge in [0.05, 0.1) is 11.7 Å². The first kappa shape index (κ1) is 14.7. The van der Waals surface area contributed by atoms with Crippen molar-refractivity contribution in [2.75, 3.05) is 13.1 Å². The van der Waals surface area contributed by atoms with Crippen molar-refractivity contribution in [3.63, 3.8) is 0 Å². The summed E-state index contributed by atoms with van der Waals surface area (Å²) in [5.74, 6) is 0.0930. The number of nitrogens with one attached hydrogen (secondary N) is 2. The molecule has 2 N–H and O–H groups in total. The fourth-order valence-electron chi connectivity index (χ4n) is 1.54. The molecule has 1 aromatic heterocycles. The average Bonchev–Trinajstić information content (AvgIpc) is 2.73. The van der Waals surface area contributed by atoms with E-state index in [0.717, 1.165) is 12.1 Å². The van der Waals surface area contributed by atoms with Crippen LogP contribution in [-0.2, 0) is 16.9 Å². The lowest BCUT2D eigenvalue weighted by Crippen LogP contribution is -2.27. The number of hydrogen-bond acceptors (Lipinski definition) is 3. The van der Waals surface area contributed by atoms with Crippen molar-refractivity contribution < 1.29 is 4.79 Å². The molecule has 1 aromatic rings. The van der Waals surface area contributed by atoms with Gasteiger partial charge in [-0.3, -0.25) is 9.48 Å². The second kappa shape index (κ2) is 6.54. The van der Waals surface area contributed by atoms with Crippen molar-refractivity contribution in [1.82, 2.24) is 20.4 Å². The van der Waals surface area contributed by atoms with Crippen molar-refractivity contribution in [2.45, 2.75) is 46.2 Å². The van der Waals surface area contributed by atoms with Crippen molar-refractivity contribution >= 4 is 5.91 Å². The highest BCUT2D eigenvalue weighted by Crippen LogP contribution is 2.12. The Morgan fingerprint density at radius 2 is 2.17 bits per heavy atom. The van der Waals surface area contributed by atoms with Gasteiger partial charge in [0, 0.05) is 37.8 Å². The Labute approximate surface area is 109 Å². The Kier molecular flexibility index (Phi) is 5.34. The molecule has 0 aliphatic rings. The van der Waals surface area contributed by atoms with Crippen LogP contribution in [-0.4, -0.2) is 28.8 Å². The number of nitrogens with zero attached hydrogens (tertiary/aromatic N) is 2. The van der Waals surface area contributed by atoms with Crippen molar-refractivity contribution in [3.05, 3.63) is 18.0 Å². The van der Waals surface area contributed by atoms with Crippen molar-refractivity contribution in [3.8, 4) is 0 Å². The largest absolute Gasteiger partial charge is 0.356 e. The van der Waals surface area contributed by atoms with E-state index >= 15 is 0 Å². The zero-order valence-corrected chi connectivity index (χ0v) is 11.8. The molecule has 0 saturated heterocycles. The molecule has 0 unspecified atom stereocenters. The summed E-state index contributed by atoms with van der Waals surface area (Å²) in [6, 6.07) is 0. The molecule has 5 nitrogen and oxygen atoms in total. The smallest absolute Gasteiger partial charge is 0.221 e. The third kappa shape index (κ3) is 4.87. The van der Waals surface area contributed by atoms with Gasteiger partial charge in [-0.2, -0.15) is 5.10 Å². The fraction of sp³-hybridized carbons (Fsp3) is 0.692. The van der Waals surface area contributed by atoms with Gasteiger partial charge in [-0.25, -0.2) is 0 Å². The lowest BCUT2D eigenvalue weighted by Gasteiger charge is -2.18. The third-order valence-electron chi connectivity index (χ3n) is 2.56. The van der Waals surface area contributed by atoms with E-state index in [9.17, 15) is 4.79 Å². The van der Waals surface area contributed by atoms with E-state index in [1.54, 1.807) is 0 Å². The standard InChI is InChI=1S/C13H24N4O/c1-5-15-12(18)6-7-14-8-11-9-16-17(10-11)13(2,3)4/h9-10,14H,5-8H2,1-4H3,(H,15,18). The molecule has 0 radical (unpaired) electrons. The minimum absolute atomic E-state index is 0.0132. The van der Waals surface area contributed by atoms with Gasteiger partial charge in [0.1, 0.15) is 0 Å². The minimum Gasteiger partial charge on any atom is -0.356 e. The van der Waals surface area contributed by atoms with Gasteiger partial charge in [-0.1, -0.05) is 0 Å². The van der Waals surface area contributed by atoms with Crippen LogP contribution in [0.1, 0.15) is 39.7 Å². The summed E-state index contributed by atoms with van der Waals surface area (Å²) >= 11 is 0. The van der Waals surface area contributed by atoms with Crippen LogP contribution in [0, 0.1) is 0 Å². The van der Waals surface area contributed by atoms with E-state index in [4.69, 9.17) is 0 Å². The molecule has 1 rings (SSSR count). The van der Waals surface area contributed by atoms with Crippen LogP contribution < -0.4 is 10.6 Å². The number of rotatable bonds is 6. The Bertz CT molecular complexity index is 379. The van der Waals surface area contributed by atoms with E-state index < -0.39 is 0 Å². The van der Waals surface area contributed by atoms with Crippen LogP contribution in [0.25, 0.3) is 0 Å². The molecule has 1 amide bonds. The van der Waals surface area contributed by atoms with Gasteiger partial charge in [-0.15, -0.1) is 0 Å². The molecular weight excluding hydrogens is 228 g/mol. The zero-order valence-electron chi connectivity index (χ0n) is 11.8. The Balaban J connectivity index is 2.28. The number of carbonyl (C=O) groups is 1. The van der Waals surface area contributed by atoms with Crippen LogP contribution in [0.15, 0.2) is 12.4 Å². The molecule has 0 aliphatic carbocycles. The lowest BCUT2D eigenvalue weighted by atomic mass is 10.1. The first-order chi connectivity index (χ1) is 8.43. The highest BCUT2D eigenvalue weighted by molar-refractivity contribution is 5.75. The quantitative estimate of drug-likeness (QED) is 0.749. The second-order valence-corrected chi connectivity index (χ2v) is 5.34.